The molecule has 0 aliphatic rings. The predicted molar refractivity (Wildman–Crippen MR) is 64.0 cm³/mol. The summed E-state index contributed by atoms with van der Waals surface area (Å²) in [7, 11) is 1.80. The second kappa shape index (κ2) is 4.35. The summed E-state index contributed by atoms with van der Waals surface area (Å²) in [6.45, 7) is 2.10. The van der Waals surface area contributed by atoms with Crippen molar-refractivity contribution in [2.24, 2.45) is 7.05 Å². The van der Waals surface area contributed by atoms with E-state index < -0.39 is 0 Å². The number of hydrogen-bond donors (Lipinski definition) is 1. The van der Waals surface area contributed by atoms with Gasteiger partial charge in [-0.2, -0.15) is 10.1 Å². The lowest BCUT2D eigenvalue weighted by Gasteiger charge is -1.99. The largest absolute Gasteiger partial charge is 0.368 e. The summed E-state index contributed by atoms with van der Waals surface area (Å²) < 4.78 is 1.60. The molecule has 0 saturated carbocycles. The summed E-state index contributed by atoms with van der Waals surface area (Å²) in [5, 5.41) is 4.23. The Bertz CT molecular complexity index is 468. The Morgan fingerprint density at radius 1 is 1.31 bits per heavy atom. The van der Waals surface area contributed by atoms with Crippen molar-refractivity contribution < 1.29 is 0 Å². The Morgan fingerprint density at radius 3 is 2.75 bits per heavy atom. The molecule has 1 aromatic heterocycles. The van der Waals surface area contributed by atoms with Crippen molar-refractivity contribution in [3.05, 3.63) is 41.2 Å². The van der Waals surface area contributed by atoms with E-state index in [2.05, 4.69) is 41.3 Å². The van der Waals surface area contributed by atoms with Crippen molar-refractivity contribution in [2.75, 3.05) is 5.73 Å². The Kier molecular flexibility index (Phi) is 2.90. The Hall–Kier alpha value is -1.84. The van der Waals surface area contributed by atoms with Gasteiger partial charge in [0, 0.05) is 13.5 Å². The fourth-order valence-corrected chi connectivity index (χ4v) is 1.68. The van der Waals surface area contributed by atoms with Crippen LogP contribution in [0.15, 0.2) is 24.3 Å². The number of rotatable bonds is 3. The summed E-state index contributed by atoms with van der Waals surface area (Å²) >= 11 is 0. The molecule has 0 amide bonds. The van der Waals surface area contributed by atoms with Gasteiger partial charge in [-0.3, -0.25) is 0 Å². The number of nitrogens with zero attached hydrogens (tertiary/aromatic N) is 3. The van der Waals surface area contributed by atoms with Gasteiger partial charge in [-0.1, -0.05) is 29.8 Å². The molecule has 0 unspecified atom stereocenters. The van der Waals surface area contributed by atoms with Crippen LogP contribution in [-0.2, 0) is 19.9 Å². The number of nitrogen functional groups attached to an aromatic ring is 1. The summed E-state index contributed by atoms with van der Waals surface area (Å²) in [5.41, 5.74) is 8.22. The highest BCUT2D eigenvalue weighted by Gasteiger charge is 2.03. The SMILES string of the molecule is Cc1cccc(CCc2nc(N)n(C)n2)c1. The first-order valence-corrected chi connectivity index (χ1v) is 5.36. The lowest BCUT2D eigenvalue weighted by atomic mass is 10.1. The molecule has 2 rings (SSSR count). The molecular formula is C12H16N4. The van der Waals surface area contributed by atoms with Crippen LogP contribution in [0.4, 0.5) is 5.95 Å². The number of hydrogen-bond acceptors (Lipinski definition) is 3. The summed E-state index contributed by atoms with van der Waals surface area (Å²) in [5.74, 6) is 1.28. The van der Waals surface area contributed by atoms with Gasteiger partial charge in [-0.05, 0) is 18.9 Å². The molecular weight excluding hydrogens is 200 g/mol. The molecule has 1 heterocycles. The molecule has 4 nitrogen and oxygen atoms in total. The number of aromatic nitrogens is 3. The summed E-state index contributed by atoms with van der Waals surface area (Å²) in [6.07, 6.45) is 1.78. The lowest BCUT2D eigenvalue weighted by Crippen LogP contribution is -1.98. The van der Waals surface area contributed by atoms with Crippen molar-refractivity contribution in [3.8, 4) is 0 Å². The van der Waals surface area contributed by atoms with Gasteiger partial charge >= 0.3 is 0 Å². The van der Waals surface area contributed by atoms with Crippen LogP contribution in [-0.4, -0.2) is 14.8 Å². The molecule has 0 atom stereocenters. The zero-order valence-electron chi connectivity index (χ0n) is 9.64. The molecule has 84 valence electrons. The summed E-state index contributed by atoms with van der Waals surface area (Å²) in [4.78, 5) is 4.18. The van der Waals surface area contributed by atoms with Crippen LogP contribution in [0.25, 0.3) is 0 Å². The third-order valence-corrected chi connectivity index (χ3v) is 2.56. The maximum Gasteiger partial charge on any atom is 0.218 e. The van der Waals surface area contributed by atoms with Crippen molar-refractivity contribution in [2.45, 2.75) is 19.8 Å². The standard InChI is InChI=1S/C12H16N4/c1-9-4-3-5-10(8-9)6-7-11-14-12(13)16(2)15-11/h3-5,8H,6-7H2,1-2H3,(H2,13,14,15). The minimum Gasteiger partial charge on any atom is -0.368 e. The molecule has 0 bridgehead atoms. The van der Waals surface area contributed by atoms with Gasteiger partial charge in [0.15, 0.2) is 5.82 Å². The number of benzene rings is 1. The van der Waals surface area contributed by atoms with E-state index in [1.54, 1.807) is 11.7 Å². The van der Waals surface area contributed by atoms with Crippen LogP contribution in [0.3, 0.4) is 0 Å². The molecule has 0 saturated heterocycles. The fraction of sp³-hybridized carbons (Fsp3) is 0.333. The first kappa shape index (κ1) is 10.7. The molecule has 2 aromatic rings. The highest BCUT2D eigenvalue weighted by Crippen LogP contribution is 2.08. The van der Waals surface area contributed by atoms with E-state index in [9.17, 15) is 0 Å². The molecule has 1 aromatic carbocycles. The first-order chi connectivity index (χ1) is 7.65. The molecule has 0 aliphatic carbocycles. The van der Waals surface area contributed by atoms with Crippen LogP contribution in [0, 0.1) is 6.92 Å². The second-order valence-corrected chi connectivity index (χ2v) is 4.00. The normalized spacial score (nSPS) is 10.6. The van der Waals surface area contributed by atoms with Crippen molar-refractivity contribution >= 4 is 5.95 Å². The van der Waals surface area contributed by atoms with E-state index in [0.29, 0.717) is 5.95 Å². The van der Waals surface area contributed by atoms with E-state index in [1.165, 1.54) is 11.1 Å². The topological polar surface area (TPSA) is 56.7 Å². The minimum atomic E-state index is 0.472. The third-order valence-electron chi connectivity index (χ3n) is 2.56. The van der Waals surface area contributed by atoms with Crippen LogP contribution >= 0.6 is 0 Å². The first-order valence-electron chi connectivity index (χ1n) is 5.36. The lowest BCUT2D eigenvalue weighted by molar-refractivity contribution is 0.744. The van der Waals surface area contributed by atoms with E-state index in [0.717, 1.165) is 18.7 Å². The van der Waals surface area contributed by atoms with Crippen LogP contribution in [0.2, 0.25) is 0 Å². The Labute approximate surface area is 95.1 Å². The van der Waals surface area contributed by atoms with Gasteiger partial charge in [-0.15, -0.1) is 0 Å². The zero-order chi connectivity index (χ0) is 11.5. The summed E-state index contributed by atoms with van der Waals surface area (Å²) in [6, 6.07) is 8.48. The highest BCUT2D eigenvalue weighted by atomic mass is 15.4. The molecule has 4 heteroatoms. The average molecular weight is 216 g/mol. The number of aryl methyl sites for hydroxylation is 4. The molecule has 0 radical (unpaired) electrons. The van der Waals surface area contributed by atoms with Crippen LogP contribution < -0.4 is 5.73 Å². The van der Waals surface area contributed by atoms with Crippen LogP contribution in [0.1, 0.15) is 17.0 Å². The number of nitrogens with two attached hydrogens (primary N) is 1. The maximum atomic E-state index is 5.62. The quantitative estimate of drug-likeness (QED) is 0.845. The van der Waals surface area contributed by atoms with Gasteiger partial charge in [0.1, 0.15) is 0 Å². The average Bonchev–Trinajstić information content (AvgIpc) is 2.56. The van der Waals surface area contributed by atoms with Crippen molar-refractivity contribution in [1.29, 1.82) is 0 Å². The maximum absolute atomic E-state index is 5.62. The molecule has 2 N–H and O–H groups in total. The molecule has 0 fully saturated rings. The monoisotopic (exact) mass is 216 g/mol. The smallest absolute Gasteiger partial charge is 0.218 e. The predicted octanol–water partition coefficient (Wildman–Crippen LogP) is 1.49. The Morgan fingerprint density at radius 2 is 2.12 bits per heavy atom. The van der Waals surface area contributed by atoms with Gasteiger partial charge in [0.2, 0.25) is 5.95 Å². The second-order valence-electron chi connectivity index (χ2n) is 4.00. The van der Waals surface area contributed by atoms with Gasteiger partial charge in [-0.25, -0.2) is 4.68 Å². The Balaban J connectivity index is 2.02. The van der Waals surface area contributed by atoms with Crippen LogP contribution in [0.5, 0.6) is 0 Å². The van der Waals surface area contributed by atoms with E-state index >= 15 is 0 Å². The van der Waals surface area contributed by atoms with Crippen molar-refractivity contribution in [3.63, 3.8) is 0 Å². The highest BCUT2D eigenvalue weighted by molar-refractivity contribution is 5.23. The molecule has 0 aliphatic heterocycles. The fourth-order valence-electron chi connectivity index (χ4n) is 1.68. The van der Waals surface area contributed by atoms with E-state index in [1.807, 2.05) is 0 Å². The third kappa shape index (κ3) is 2.39. The molecule has 16 heavy (non-hydrogen) atoms. The van der Waals surface area contributed by atoms with Gasteiger partial charge < -0.3 is 5.73 Å². The minimum absolute atomic E-state index is 0.472. The zero-order valence-corrected chi connectivity index (χ0v) is 9.64. The van der Waals surface area contributed by atoms with E-state index in [-0.39, 0.29) is 0 Å². The van der Waals surface area contributed by atoms with Gasteiger partial charge in [0.05, 0.1) is 0 Å². The van der Waals surface area contributed by atoms with Crippen molar-refractivity contribution in [1.82, 2.24) is 14.8 Å². The number of anilines is 1. The molecule has 0 spiro atoms. The van der Waals surface area contributed by atoms with E-state index in [4.69, 9.17) is 5.73 Å². The van der Waals surface area contributed by atoms with Gasteiger partial charge in [0.25, 0.3) is 0 Å².